The lowest BCUT2D eigenvalue weighted by molar-refractivity contribution is 0.0955. The van der Waals surface area contributed by atoms with Gasteiger partial charge in [0.1, 0.15) is 0 Å². The van der Waals surface area contributed by atoms with Gasteiger partial charge in [0.15, 0.2) is 11.6 Å². The van der Waals surface area contributed by atoms with Gasteiger partial charge >= 0.3 is 0 Å². The lowest BCUT2D eigenvalue weighted by Gasteiger charge is -2.09. The Morgan fingerprint density at radius 1 is 1.47 bits per heavy atom. The molecule has 2 rings (SSSR count). The fourth-order valence-electron chi connectivity index (χ4n) is 1.78. The highest BCUT2D eigenvalue weighted by Crippen LogP contribution is 2.25. The van der Waals surface area contributed by atoms with E-state index in [4.69, 9.17) is 4.74 Å². The van der Waals surface area contributed by atoms with Crippen LogP contribution in [0.3, 0.4) is 0 Å². The first-order valence-electron chi connectivity index (χ1n) is 4.87. The minimum atomic E-state index is -0.410. The highest BCUT2D eigenvalue weighted by molar-refractivity contribution is 5.96. The number of hydrogen-bond donors (Lipinski definition) is 1. The van der Waals surface area contributed by atoms with Crippen molar-refractivity contribution in [2.24, 2.45) is 0 Å². The van der Waals surface area contributed by atoms with E-state index < -0.39 is 5.82 Å². The molecule has 15 heavy (non-hydrogen) atoms. The van der Waals surface area contributed by atoms with Crippen molar-refractivity contribution in [3.05, 3.63) is 29.1 Å². The van der Waals surface area contributed by atoms with Gasteiger partial charge in [0.2, 0.25) is 0 Å². The molecule has 0 saturated heterocycles. The molecule has 0 atom stereocenters. The summed E-state index contributed by atoms with van der Waals surface area (Å²) in [5, 5.41) is 2.72. The molecule has 0 spiro atoms. The number of hydrogen-bond acceptors (Lipinski definition) is 2. The molecule has 1 aromatic carbocycles. The number of carbonyl (C=O) groups is 1. The molecule has 3 nitrogen and oxygen atoms in total. The van der Waals surface area contributed by atoms with Gasteiger partial charge in [0, 0.05) is 17.7 Å². The number of carbonyl (C=O) groups excluding carboxylic acids is 1. The van der Waals surface area contributed by atoms with Gasteiger partial charge in [0.05, 0.1) is 7.11 Å². The summed E-state index contributed by atoms with van der Waals surface area (Å²) in [5.74, 6) is -0.417. The minimum Gasteiger partial charge on any atom is -0.494 e. The lowest BCUT2D eigenvalue weighted by Crippen LogP contribution is -2.22. The molecule has 0 aliphatic carbocycles. The van der Waals surface area contributed by atoms with E-state index in [1.54, 1.807) is 6.07 Å². The average molecular weight is 209 g/mol. The van der Waals surface area contributed by atoms with E-state index in [2.05, 4.69) is 5.32 Å². The second-order valence-electron chi connectivity index (χ2n) is 3.47. The maximum Gasteiger partial charge on any atom is 0.251 e. The summed E-state index contributed by atoms with van der Waals surface area (Å²) in [7, 11) is 1.42. The van der Waals surface area contributed by atoms with Crippen LogP contribution in [0.2, 0.25) is 0 Å². The Hall–Kier alpha value is -1.58. The first kappa shape index (κ1) is 9.96. The van der Waals surface area contributed by atoms with E-state index in [0.29, 0.717) is 24.1 Å². The van der Waals surface area contributed by atoms with Gasteiger partial charge in [0.25, 0.3) is 5.91 Å². The van der Waals surface area contributed by atoms with Crippen LogP contribution in [0.25, 0.3) is 0 Å². The third-order valence-electron chi connectivity index (χ3n) is 2.56. The first-order valence-corrected chi connectivity index (χ1v) is 4.87. The van der Waals surface area contributed by atoms with Crippen molar-refractivity contribution in [1.29, 1.82) is 0 Å². The number of benzene rings is 1. The third-order valence-corrected chi connectivity index (χ3v) is 2.56. The number of halogens is 1. The van der Waals surface area contributed by atoms with E-state index in [1.807, 2.05) is 0 Å². The number of amides is 1. The highest BCUT2D eigenvalue weighted by atomic mass is 19.1. The molecular weight excluding hydrogens is 197 g/mol. The number of rotatable bonds is 1. The fraction of sp³-hybridized carbons (Fsp3) is 0.364. The van der Waals surface area contributed by atoms with Gasteiger partial charge in [-0.3, -0.25) is 4.79 Å². The smallest absolute Gasteiger partial charge is 0.251 e. The molecule has 0 bridgehead atoms. The number of fused-ring (bicyclic) bond motifs is 1. The molecule has 1 amide bonds. The Labute approximate surface area is 87.2 Å². The summed E-state index contributed by atoms with van der Waals surface area (Å²) in [6, 6.07) is 3.09. The Morgan fingerprint density at radius 3 is 3.00 bits per heavy atom. The van der Waals surface area contributed by atoms with Gasteiger partial charge in [-0.05, 0) is 25.0 Å². The van der Waals surface area contributed by atoms with Crippen molar-refractivity contribution in [2.45, 2.75) is 12.8 Å². The maximum atomic E-state index is 13.8. The van der Waals surface area contributed by atoms with Gasteiger partial charge < -0.3 is 10.1 Å². The summed E-state index contributed by atoms with van der Waals surface area (Å²) < 4.78 is 18.7. The minimum absolute atomic E-state index is 0.198. The van der Waals surface area contributed by atoms with Crippen LogP contribution in [-0.2, 0) is 6.42 Å². The van der Waals surface area contributed by atoms with Crippen LogP contribution < -0.4 is 10.1 Å². The number of ether oxygens (including phenoxy) is 1. The van der Waals surface area contributed by atoms with Crippen LogP contribution in [0.4, 0.5) is 4.39 Å². The Balaban J connectivity index is 2.55. The number of methoxy groups -OCH3 is 1. The van der Waals surface area contributed by atoms with Crippen molar-refractivity contribution in [3.8, 4) is 5.75 Å². The van der Waals surface area contributed by atoms with Gasteiger partial charge in [-0.25, -0.2) is 4.39 Å². The van der Waals surface area contributed by atoms with Crippen molar-refractivity contribution < 1.29 is 13.9 Å². The molecule has 0 saturated carbocycles. The predicted molar refractivity (Wildman–Crippen MR) is 53.6 cm³/mol. The number of nitrogens with one attached hydrogen (secondary N) is 1. The molecule has 80 valence electrons. The largest absolute Gasteiger partial charge is 0.494 e. The summed E-state index contributed by atoms with van der Waals surface area (Å²) >= 11 is 0. The van der Waals surface area contributed by atoms with Crippen molar-refractivity contribution in [1.82, 2.24) is 5.32 Å². The zero-order chi connectivity index (χ0) is 10.8. The quantitative estimate of drug-likeness (QED) is 0.761. The summed E-state index contributed by atoms with van der Waals surface area (Å²) in [6.07, 6.45) is 1.32. The third kappa shape index (κ3) is 1.67. The summed E-state index contributed by atoms with van der Waals surface area (Å²) in [4.78, 5) is 11.5. The molecular formula is C11H12FNO2. The molecule has 4 heteroatoms. The van der Waals surface area contributed by atoms with Crippen LogP contribution in [-0.4, -0.2) is 19.6 Å². The Bertz CT molecular complexity index is 404. The Morgan fingerprint density at radius 2 is 2.27 bits per heavy atom. The zero-order valence-corrected chi connectivity index (χ0v) is 8.47. The van der Waals surface area contributed by atoms with Crippen molar-refractivity contribution in [3.63, 3.8) is 0 Å². The van der Waals surface area contributed by atoms with Gasteiger partial charge in [-0.1, -0.05) is 0 Å². The summed E-state index contributed by atoms with van der Waals surface area (Å²) in [5.41, 5.74) is 0.884. The molecule has 0 aromatic heterocycles. The van der Waals surface area contributed by atoms with Gasteiger partial charge in [-0.2, -0.15) is 0 Å². The van der Waals surface area contributed by atoms with Gasteiger partial charge in [-0.15, -0.1) is 0 Å². The SMILES string of the molecule is COc1ccc2c(c1F)CCCNC2=O. The standard InChI is InChI=1S/C11H12FNO2/c1-15-9-5-4-8-7(10(9)12)3-2-6-13-11(8)14/h4-5H,2-3,6H2,1H3,(H,13,14). The zero-order valence-electron chi connectivity index (χ0n) is 8.47. The summed E-state index contributed by atoms with van der Waals surface area (Å²) in [6.45, 7) is 0.593. The normalized spacial score (nSPS) is 15.2. The van der Waals surface area contributed by atoms with Crippen LogP contribution in [0.5, 0.6) is 5.75 Å². The van der Waals surface area contributed by atoms with Crippen LogP contribution in [0.1, 0.15) is 22.3 Å². The molecule has 1 N–H and O–H groups in total. The molecule has 0 radical (unpaired) electrons. The molecule has 0 fully saturated rings. The van der Waals surface area contributed by atoms with Crippen molar-refractivity contribution >= 4 is 5.91 Å². The van der Waals surface area contributed by atoms with Crippen molar-refractivity contribution in [2.75, 3.05) is 13.7 Å². The topological polar surface area (TPSA) is 38.3 Å². The molecule has 0 unspecified atom stereocenters. The van der Waals surface area contributed by atoms with Crippen LogP contribution >= 0.6 is 0 Å². The van der Waals surface area contributed by atoms with E-state index in [1.165, 1.54) is 13.2 Å². The van der Waals surface area contributed by atoms with E-state index >= 15 is 0 Å². The molecule has 1 heterocycles. The highest BCUT2D eigenvalue weighted by Gasteiger charge is 2.20. The van der Waals surface area contributed by atoms with E-state index in [0.717, 1.165) is 6.42 Å². The monoisotopic (exact) mass is 209 g/mol. The van der Waals surface area contributed by atoms with E-state index in [-0.39, 0.29) is 11.7 Å². The second kappa shape index (κ2) is 3.88. The molecule has 1 aliphatic rings. The van der Waals surface area contributed by atoms with E-state index in [9.17, 15) is 9.18 Å². The Kier molecular flexibility index (Phi) is 2.58. The first-order chi connectivity index (χ1) is 7.24. The van der Waals surface area contributed by atoms with Crippen LogP contribution in [0, 0.1) is 5.82 Å². The second-order valence-corrected chi connectivity index (χ2v) is 3.47. The average Bonchev–Trinajstić information content (AvgIpc) is 2.42. The molecule has 1 aliphatic heterocycles. The lowest BCUT2D eigenvalue weighted by atomic mass is 10.0. The molecule has 1 aromatic rings. The fourth-order valence-corrected chi connectivity index (χ4v) is 1.78. The predicted octanol–water partition coefficient (Wildman–Crippen LogP) is 1.51. The van der Waals surface area contributed by atoms with Crippen LogP contribution in [0.15, 0.2) is 12.1 Å². The maximum absolute atomic E-state index is 13.8.